The van der Waals surface area contributed by atoms with Crippen LogP contribution in [0.4, 0.5) is 11.4 Å². The first-order valence-corrected chi connectivity index (χ1v) is 6.14. The Labute approximate surface area is 115 Å². The lowest BCUT2D eigenvalue weighted by molar-refractivity contribution is 0.102. The molecule has 0 aliphatic carbocycles. The molecule has 2 heterocycles. The zero-order valence-corrected chi connectivity index (χ0v) is 10.9. The number of hydrogen-bond acceptors (Lipinski definition) is 4. The zero-order chi connectivity index (χ0) is 14.1. The summed E-state index contributed by atoms with van der Waals surface area (Å²) in [6.45, 7) is 1.93. The van der Waals surface area contributed by atoms with Crippen LogP contribution in [0.3, 0.4) is 0 Å². The molecule has 2 aromatic heterocycles. The third-order valence-corrected chi connectivity index (χ3v) is 3.05. The van der Waals surface area contributed by atoms with Gasteiger partial charge in [0, 0.05) is 16.6 Å². The van der Waals surface area contributed by atoms with Gasteiger partial charge in [0.25, 0.3) is 5.91 Å². The van der Waals surface area contributed by atoms with E-state index in [1.807, 2.05) is 13.0 Å². The molecule has 0 aliphatic heterocycles. The van der Waals surface area contributed by atoms with Crippen LogP contribution in [0.5, 0.6) is 0 Å². The van der Waals surface area contributed by atoms with Gasteiger partial charge in [0.1, 0.15) is 0 Å². The summed E-state index contributed by atoms with van der Waals surface area (Å²) in [5.74, 6) is -0.202. The lowest BCUT2D eigenvalue weighted by atomic mass is 10.2. The third kappa shape index (κ3) is 2.21. The number of rotatable bonds is 2. The molecule has 20 heavy (non-hydrogen) atoms. The summed E-state index contributed by atoms with van der Waals surface area (Å²) in [5, 5.41) is 3.69. The Morgan fingerprint density at radius 2 is 2.05 bits per heavy atom. The van der Waals surface area contributed by atoms with Crippen LogP contribution in [0, 0.1) is 6.92 Å². The summed E-state index contributed by atoms with van der Waals surface area (Å²) in [6, 6.07) is 8.59. The molecule has 0 bridgehead atoms. The first kappa shape index (κ1) is 12.2. The molecule has 0 unspecified atom stereocenters. The average Bonchev–Trinajstić information content (AvgIpc) is 2.81. The molecular formula is C15H13N3O2. The fourth-order valence-electron chi connectivity index (χ4n) is 1.94. The molecule has 1 amide bonds. The molecule has 0 radical (unpaired) electrons. The van der Waals surface area contributed by atoms with Crippen molar-refractivity contribution in [1.29, 1.82) is 0 Å². The van der Waals surface area contributed by atoms with E-state index in [4.69, 9.17) is 10.2 Å². The van der Waals surface area contributed by atoms with Crippen LogP contribution in [0.2, 0.25) is 0 Å². The van der Waals surface area contributed by atoms with Crippen LogP contribution in [-0.2, 0) is 0 Å². The fraction of sp³-hybridized carbons (Fsp3) is 0.0667. The topological polar surface area (TPSA) is 81.2 Å². The minimum atomic E-state index is -0.202. The fourth-order valence-corrected chi connectivity index (χ4v) is 1.94. The first-order chi connectivity index (χ1) is 9.63. The molecule has 3 rings (SSSR count). The van der Waals surface area contributed by atoms with Gasteiger partial charge >= 0.3 is 0 Å². The molecular weight excluding hydrogens is 254 g/mol. The van der Waals surface area contributed by atoms with E-state index in [2.05, 4.69) is 10.3 Å². The number of nitrogen functional groups attached to an aromatic ring is 1. The standard InChI is InChI=1S/C15H13N3O2/c1-9-8-20-15-13(9)6-12(7-17-15)18-14(19)10-2-4-11(16)5-3-10/h2-8H,16H2,1H3,(H,18,19). The number of nitrogens with two attached hydrogens (primary N) is 1. The Morgan fingerprint density at radius 1 is 1.30 bits per heavy atom. The highest BCUT2D eigenvalue weighted by molar-refractivity contribution is 6.05. The molecule has 0 atom stereocenters. The maximum absolute atomic E-state index is 12.1. The van der Waals surface area contributed by atoms with Gasteiger partial charge in [0.05, 0.1) is 18.1 Å². The number of benzene rings is 1. The van der Waals surface area contributed by atoms with Gasteiger partial charge in [-0.15, -0.1) is 0 Å². The van der Waals surface area contributed by atoms with Crippen LogP contribution in [0.1, 0.15) is 15.9 Å². The van der Waals surface area contributed by atoms with Gasteiger partial charge in [-0.2, -0.15) is 0 Å². The van der Waals surface area contributed by atoms with E-state index < -0.39 is 0 Å². The van der Waals surface area contributed by atoms with E-state index in [1.54, 1.807) is 36.7 Å². The smallest absolute Gasteiger partial charge is 0.255 e. The highest BCUT2D eigenvalue weighted by Crippen LogP contribution is 2.22. The quantitative estimate of drug-likeness (QED) is 0.699. The molecule has 0 fully saturated rings. The number of nitrogens with one attached hydrogen (secondary N) is 1. The van der Waals surface area contributed by atoms with Crippen LogP contribution in [0.25, 0.3) is 11.1 Å². The van der Waals surface area contributed by atoms with Crippen molar-refractivity contribution in [1.82, 2.24) is 4.98 Å². The summed E-state index contributed by atoms with van der Waals surface area (Å²) in [5.41, 5.74) is 8.94. The van der Waals surface area contributed by atoms with Crippen molar-refractivity contribution in [2.24, 2.45) is 0 Å². The van der Waals surface area contributed by atoms with Gasteiger partial charge in [0.2, 0.25) is 5.71 Å². The molecule has 5 heteroatoms. The SMILES string of the molecule is Cc1coc2ncc(NC(=O)c3ccc(N)cc3)cc12. The van der Waals surface area contributed by atoms with Gasteiger partial charge in [-0.05, 0) is 42.8 Å². The number of aromatic nitrogens is 1. The van der Waals surface area contributed by atoms with Gasteiger partial charge in [-0.1, -0.05) is 0 Å². The van der Waals surface area contributed by atoms with Crippen LogP contribution in [0.15, 0.2) is 47.2 Å². The van der Waals surface area contributed by atoms with Crippen LogP contribution >= 0.6 is 0 Å². The summed E-state index contributed by atoms with van der Waals surface area (Å²) >= 11 is 0. The molecule has 0 aliphatic rings. The van der Waals surface area contributed by atoms with Crippen LogP contribution in [-0.4, -0.2) is 10.9 Å². The normalized spacial score (nSPS) is 10.7. The first-order valence-electron chi connectivity index (χ1n) is 6.14. The molecule has 0 saturated carbocycles. The van der Waals surface area contributed by atoms with E-state index >= 15 is 0 Å². The van der Waals surface area contributed by atoms with Gasteiger partial charge in [-0.3, -0.25) is 4.79 Å². The number of furan rings is 1. The summed E-state index contributed by atoms with van der Waals surface area (Å²) in [4.78, 5) is 16.2. The van der Waals surface area contributed by atoms with Gasteiger partial charge in [-0.25, -0.2) is 4.98 Å². The predicted molar refractivity (Wildman–Crippen MR) is 77.6 cm³/mol. The van der Waals surface area contributed by atoms with Crippen LogP contribution < -0.4 is 11.1 Å². The second-order valence-corrected chi connectivity index (χ2v) is 4.57. The van der Waals surface area contributed by atoms with E-state index in [-0.39, 0.29) is 5.91 Å². The number of anilines is 2. The van der Waals surface area contributed by atoms with Crippen molar-refractivity contribution in [3.63, 3.8) is 0 Å². The van der Waals surface area contributed by atoms with E-state index in [0.717, 1.165) is 10.9 Å². The third-order valence-electron chi connectivity index (χ3n) is 3.05. The monoisotopic (exact) mass is 267 g/mol. The lowest BCUT2D eigenvalue weighted by Gasteiger charge is -2.05. The van der Waals surface area contributed by atoms with Crippen molar-refractivity contribution < 1.29 is 9.21 Å². The Hall–Kier alpha value is -2.82. The number of carbonyl (C=O) groups excluding carboxylic acids is 1. The minimum Gasteiger partial charge on any atom is -0.446 e. The number of carbonyl (C=O) groups is 1. The number of fused-ring (bicyclic) bond motifs is 1. The molecule has 1 aromatic carbocycles. The number of aryl methyl sites for hydroxylation is 1. The molecule has 0 saturated heterocycles. The number of hydrogen-bond donors (Lipinski definition) is 2. The molecule has 3 aromatic rings. The maximum Gasteiger partial charge on any atom is 0.255 e. The largest absolute Gasteiger partial charge is 0.446 e. The average molecular weight is 267 g/mol. The number of pyridine rings is 1. The Kier molecular flexibility index (Phi) is 2.87. The van der Waals surface area contributed by atoms with Gasteiger partial charge in [0.15, 0.2) is 0 Å². The van der Waals surface area contributed by atoms with Crippen molar-refractivity contribution >= 4 is 28.4 Å². The highest BCUT2D eigenvalue weighted by Gasteiger charge is 2.08. The van der Waals surface area contributed by atoms with Crippen molar-refractivity contribution in [3.8, 4) is 0 Å². The second-order valence-electron chi connectivity index (χ2n) is 4.57. The van der Waals surface area contributed by atoms with E-state index in [0.29, 0.717) is 22.7 Å². The van der Waals surface area contributed by atoms with Gasteiger partial charge < -0.3 is 15.5 Å². The summed E-state index contributed by atoms with van der Waals surface area (Å²) in [6.07, 6.45) is 3.21. The van der Waals surface area contributed by atoms with E-state index in [1.165, 1.54) is 0 Å². The number of amides is 1. The van der Waals surface area contributed by atoms with Crippen molar-refractivity contribution in [2.75, 3.05) is 11.1 Å². The molecule has 3 N–H and O–H groups in total. The molecule has 100 valence electrons. The Morgan fingerprint density at radius 3 is 2.80 bits per heavy atom. The van der Waals surface area contributed by atoms with E-state index in [9.17, 15) is 4.79 Å². The summed E-state index contributed by atoms with van der Waals surface area (Å²) < 4.78 is 5.27. The Balaban J connectivity index is 1.86. The predicted octanol–water partition coefficient (Wildman–Crippen LogP) is 2.97. The maximum atomic E-state index is 12.1. The van der Waals surface area contributed by atoms with Crippen molar-refractivity contribution in [3.05, 3.63) is 53.9 Å². The Bertz CT molecular complexity index is 775. The molecule has 0 spiro atoms. The van der Waals surface area contributed by atoms with Crippen molar-refractivity contribution in [2.45, 2.75) is 6.92 Å². The molecule has 5 nitrogen and oxygen atoms in total. The number of nitrogens with zero attached hydrogens (tertiary/aromatic N) is 1. The lowest BCUT2D eigenvalue weighted by Crippen LogP contribution is -2.11. The zero-order valence-electron chi connectivity index (χ0n) is 10.9. The summed E-state index contributed by atoms with van der Waals surface area (Å²) in [7, 11) is 0. The minimum absolute atomic E-state index is 0.202. The second kappa shape index (κ2) is 4.70. The highest BCUT2D eigenvalue weighted by atomic mass is 16.3.